The number of amides is 2. The lowest BCUT2D eigenvalue weighted by Crippen LogP contribution is -2.35. The highest BCUT2D eigenvalue weighted by molar-refractivity contribution is 6.00. The largest absolute Gasteiger partial charge is 0.332 e. The van der Waals surface area contributed by atoms with E-state index in [4.69, 9.17) is 0 Å². The Morgan fingerprint density at radius 2 is 1.93 bits per heavy atom. The van der Waals surface area contributed by atoms with Crippen LogP contribution in [-0.4, -0.2) is 45.3 Å². The molecular formula is C19H19F2N5O2. The zero-order valence-corrected chi connectivity index (χ0v) is 15.6. The summed E-state index contributed by atoms with van der Waals surface area (Å²) in [6, 6.07) is 7.96. The van der Waals surface area contributed by atoms with E-state index in [0.29, 0.717) is 17.1 Å². The second kappa shape index (κ2) is 7.71. The summed E-state index contributed by atoms with van der Waals surface area (Å²) in [6.07, 6.45) is 0. The third-order valence-electron chi connectivity index (χ3n) is 4.14. The monoisotopic (exact) mass is 387 g/mol. The first-order valence-electron chi connectivity index (χ1n) is 8.61. The molecule has 0 spiro atoms. The Hall–Kier alpha value is -3.36. The van der Waals surface area contributed by atoms with Crippen molar-refractivity contribution in [2.75, 3.05) is 18.9 Å². The second-order valence-corrected chi connectivity index (χ2v) is 6.66. The van der Waals surface area contributed by atoms with Gasteiger partial charge in [-0.25, -0.2) is 13.5 Å². The van der Waals surface area contributed by atoms with E-state index in [1.807, 2.05) is 13.8 Å². The van der Waals surface area contributed by atoms with Crippen LogP contribution in [0.3, 0.4) is 0 Å². The normalized spacial score (nSPS) is 11.1. The van der Waals surface area contributed by atoms with Gasteiger partial charge < -0.3 is 10.2 Å². The van der Waals surface area contributed by atoms with Crippen LogP contribution in [0.4, 0.5) is 14.5 Å². The van der Waals surface area contributed by atoms with Gasteiger partial charge in [0.1, 0.15) is 17.2 Å². The number of nitrogens with one attached hydrogen (secondary N) is 1. The van der Waals surface area contributed by atoms with E-state index in [1.165, 1.54) is 11.9 Å². The van der Waals surface area contributed by atoms with Gasteiger partial charge in [0, 0.05) is 24.7 Å². The minimum Gasteiger partial charge on any atom is -0.332 e. The molecule has 0 fully saturated rings. The number of carbonyl (C=O) groups is 2. The summed E-state index contributed by atoms with van der Waals surface area (Å²) in [5.74, 6) is -2.63. The van der Waals surface area contributed by atoms with E-state index in [-0.39, 0.29) is 18.3 Å². The van der Waals surface area contributed by atoms with Gasteiger partial charge in [-0.15, -0.1) is 5.10 Å². The number of fused-ring (bicyclic) bond motifs is 1. The van der Waals surface area contributed by atoms with Gasteiger partial charge in [0.25, 0.3) is 5.91 Å². The summed E-state index contributed by atoms with van der Waals surface area (Å²) < 4.78 is 28.3. The highest BCUT2D eigenvalue weighted by Crippen LogP contribution is 2.18. The maximum atomic E-state index is 13.6. The molecule has 0 atom stereocenters. The maximum Gasteiger partial charge on any atom is 0.254 e. The Morgan fingerprint density at radius 1 is 1.18 bits per heavy atom. The number of halogens is 2. The van der Waals surface area contributed by atoms with Crippen LogP contribution in [0.15, 0.2) is 36.4 Å². The van der Waals surface area contributed by atoms with Gasteiger partial charge in [0.2, 0.25) is 5.91 Å². The highest BCUT2D eigenvalue weighted by atomic mass is 19.1. The zero-order chi connectivity index (χ0) is 20.4. The third kappa shape index (κ3) is 3.98. The number of likely N-dealkylation sites (N-methyl/N-ethyl adjacent to an activating group) is 1. The first-order valence-corrected chi connectivity index (χ1v) is 8.61. The molecule has 9 heteroatoms. The predicted octanol–water partition coefficient (Wildman–Crippen LogP) is 3.00. The van der Waals surface area contributed by atoms with Crippen LogP contribution in [0.25, 0.3) is 11.0 Å². The summed E-state index contributed by atoms with van der Waals surface area (Å²) in [7, 11) is 1.46. The van der Waals surface area contributed by atoms with Crippen LogP contribution in [0.5, 0.6) is 0 Å². The Morgan fingerprint density at radius 3 is 2.61 bits per heavy atom. The van der Waals surface area contributed by atoms with Gasteiger partial charge in [-0.1, -0.05) is 5.21 Å². The third-order valence-corrected chi connectivity index (χ3v) is 4.14. The molecule has 1 heterocycles. The number of nitrogens with zero attached hydrogens (tertiary/aromatic N) is 4. The predicted molar refractivity (Wildman–Crippen MR) is 99.9 cm³/mol. The molecule has 0 radical (unpaired) electrons. The van der Waals surface area contributed by atoms with Crippen molar-refractivity contribution in [2.24, 2.45) is 0 Å². The topological polar surface area (TPSA) is 80.1 Å². The number of carbonyl (C=O) groups excluding carboxylic acids is 2. The molecule has 0 aliphatic rings. The van der Waals surface area contributed by atoms with Crippen LogP contribution in [0, 0.1) is 11.6 Å². The first kappa shape index (κ1) is 19.4. The number of rotatable bonds is 5. The van der Waals surface area contributed by atoms with Crippen molar-refractivity contribution in [3.63, 3.8) is 0 Å². The highest BCUT2D eigenvalue weighted by Gasteiger charge is 2.18. The first-order chi connectivity index (χ1) is 13.3. The summed E-state index contributed by atoms with van der Waals surface area (Å²) in [5.41, 5.74) is 1.58. The fourth-order valence-corrected chi connectivity index (χ4v) is 2.74. The van der Waals surface area contributed by atoms with Crippen molar-refractivity contribution >= 4 is 28.5 Å². The second-order valence-electron chi connectivity index (χ2n) is 6.66. The number of anilines is 1. The average Bonchev–Trinajstić information content (AvgIpc) is 3.06. The van der Waals surface area contributed by atoms with Crippen molar-refractivity contribution < 1.29 is 18.4 Å². The molecule has 2 amide bonds. The van der Waals surface area contributed by atoms with Crippen molar-refractivity contribution in [3.8, 4) is 0 Å². The minimum absolute atomic E-state index is 0.129. The van der Waals surface area contributed by atoms with Gasteiger partial charge in [0.15, 0.2) is 0 Å². The number of benzene rings is 2. The molecule has 0 saturated carbocycles. The molecule has 0 aliphatic carbocycles. The molecular weight excluding hydrogens is 368 g/mol. The molecule has 1 aromatic heterocycles. The molecule has 2 aromatic carbocycles. The van der Waals surface area contributed by atoms with Crippen molar-refractivity contribution in [2.45, 2.75) is 19.9 Å². The standard InChI is InChI=1S/C19H19F2N5O2/c1-11(2)26-17-7-4-12(8-16(17)23-24-26)19(28)25(3)10-18(27)22-15-6-5-13(20)9-14(15)21/h4-9,11H,10H2,1-3H3,(H,22,27). The fraction of sp³-hybridized carbons (Fsp3) is 0.263. The van der Waals surface area contributed by atoms with E-state index in [9.17, 15) is 18.4 Å². The van der Waals surface area contributed by atoms with Crippen molar-refractivity contribution in [1.82, 2.24) is 19.9 Å². The van der Waals surface area contributed by atoms with E-state index in [2.05, 4.69) is 15.6 Å². The maximum absolute atomic E-state index is 13.6. The van der Waals surface area contributed by atoms with Gasteiger partial charge >= 0.3 is 0 Å². The SMILES string of the molecule is CC(C)n1nnc2cc(C(=O)N(C)CC(=O)Nc3ccc(F)cc3F)ccc21. The van der Waals surface area contributed by atoms with Crippen molar-refractivity contribution in [1.29, 1.82) is 0 Å². The number of hydrogen-bond donors (Lipinski definition) is 1. The van der Waals surface area contributed by atoms with Gasteiger partial charge in [-0.2, -0.15) is 0 Å². The Kier molecular flexibility index (Phi) is 5.34. The smallest absolute Gasteiger partial charge is 0.254 e. The van der Waals surface area contributed by atoms with Gasteiger partial charge in [0.05, 0.1) is 17.7 Å². The van der Waals surface area contributed by atoms with Crippen LogP contribution < -0.4 is 5.32 Å². The molecule has 7 nitrogen and oxygen atoms in total. The molecule has 28 heavy (non-hydrogen) atoms. The molecule has 1 N–H and O–H groups in total. The molecule has 0 unspecified atom stereocenters. The molecule has 0 saturated heterocycles. The molecule has 0 bridgehead atoms. The number of hydrogen-bond acceptors (Lipinski definition) is 4. The van der Waals surface area contributed by atoms with Crippen LogP contribution in [0.1, 0.15) is 30.2 Å². The van der Waals surface area contributed by atoms with E-state index in [1.54, 1.807) is 22.9 Å². The average molecular weight is 387 g/mol. The summed E-state index contributed by atoms with van der Waals surface area (Å²) in [5, 5.41) is 10.5. The Bertz CT molecular complexity index is 1050. The zero-order valence-electron chi connectivity index (χ0n) is 15.6. The van der Waals surface area contributed by atoms with E-state index >= 15 is 0 Å². The van der Waals surface area contributed by atoms with Gasteiger partial charge in [-0.05, 0) is 44.2 Å². The van der Waals surface area contributed by atoms with Crippen molar-refractivity contribution in [3.05, 3.63) is 53.6 Å². The lowest BCUT2D eigenvalue weighted by molar-refractivity contribution is -0.116. The summed E-state index contributed by atoms with van der Waals surface area (Å²) in [4.78, 5) is 25.9. The van der Waals surface area contributed by atoms with Crippen LogP contribution >= 0.6 is 0 Å². The fourth-order valence-electron chi connectivity index (χ4n) is 2.74. The quantitative estimate of drug-likeness (QED) is 0.730. The minimum atomic E-state index is -0.888. The lowest BCUT2D eigenvalue weighted by Gasteiger charge is -2.17. The summed E-state index contributed by atoms with van der Waals surface area (Å²) >= 11 is 0. The number of aromatic nitrogens is 3. The molecule has 3 rings (SSSR count). The van der Waals surface area contributed by atoms with Crippen LogP contribution in [-0.2, 0) is 4.79 Å². The van der Waals surface area contributed by atoms with E-state index in [0.717, 1.165) is 17.6 Å². The lowest BCUT2D eigenvalue weighted by atomic mass is 10.1. The van der Waals surface area contributed by atoms with E-state index < -0.39 is 23.4 Å². The summed E-state index contributed by atoms with van der Waals surface area (Å²) in [6.45, 7) is 3.65. The van der Waals surface area contributed by atoms with Crippen LogP contribution in [0.2, 0.25) is 0 Å². The molecule has 146 valence electrons. The van der Waals surface area contributed by atoms with Gasteiger partial charge in [-0.3, -0.25) is 9.59 Å². The molecule has 0 aliphatic heterocycles. The molecule has 3 aromatic rings. The Labute approximate surface area is 159 Å². The Balaban J connectivity index is 1.70.